The van der Waals surface area contributed by atoms with E-state index >= 15 is 0 Å². The quantitative estimate of drug-likeness (QED) is 0.919. The van der Waals surface area contributed by atoms with Gasteiger partial charge in [0.05, 0.1) is 0 Å². The number of rotatable bonds is 3. The molecule has 20 heavy (non-hydrogen) atoms. The van der Waals surface area contributed by atoms with E-state index in [0.29, 0.717) is 17.6 Å². The van der Waals surface area contributed by atoms with Gasteiger partial charge in [-0.1, -0.05) is 17.7 Å². The Hall–Kier alpha value is -0.640. The average molecular weight is 297 g/mol. The Balaban J connectivity index is 1.62. The van der Waals surface area contributed by atoms with Gasteiger partial charge in [-0.3, -0.25) is 4.90 Å². The molecule has 2 unspecified atom stereocenters. The van der Waals surface area contributed by atoms with E-state index < -0.39 is 0 Å². The van der Waals surface area contributed by atoms with E-state index in [1.54, 1.807) is 6.07 Å². The van der Waals surface area contributed by atoms with Gasteiger partial charge in [0.15, 0.2) is 0 Å². The highest BCUT2D eigenvalue weighted by atomic mass is 35.5. The molecule has 2 saturated heterocycles. The molecule has 2 nitrogen and oxygen atoms in total. The van der Waals surface area contributed by atoms with Crippen LogP contribution < -0.4 is 5.32 Å². The molecule has 4 heteroatoms. The van der Waals surface area contributed by atoms with Crippen molar-refractivity contribution in [3.05, 3.63) is 34.6 Å². The van der Waals surface area contributed by atoms with Gasteiger partial charge in [0, 0.05) is 29.7 Å². The predicted molar refractivity (Wildman–Crippen MR) is 80.4 cm³/mol. The minimum atomic E-state index is -0.182. The zero-order valence-corrected chi connectivity index (χ0v) is 12.5. The lowest BCUT2D eigenvalue weighted by Gasteiger charge is -2.35. The standard InChI is InChI=1S/C16H22ClFN2/c17-14-6-5-12(15(18)9-14)10-20-8-2-3-13(11-20)16-4-1-7-19-16/h5-6,9,13,16,19H,1-4,7-8,10-11H2. The summed E-state index contributed by atoms with van der Waals surface area (Å²) >= 11 is 5.81. The van der Waals surface area contributed by atoms with Gasteiger partial charge in [-0.15, -0.1) is 0 Å². The Morgan fingerprint density at radius 2 is 2.20 bits per heavy atom. The molecule has 2 atom stereocenters. The highest BCUT2D eigenvalue weighted by Crippen LogP contribution is 2.26. The van der Waals surface area contributed by atoms with Crippen LogP contribution in [0.2, 0.25) is 5.02 Å². The molecule has 0 saturated carbocycles. The van der Waals surface area contributed by atoms with Crippen LogP contribution in [0.4, 0.5) is 4.39 Å². The molecular formula is C16H22ClFN2. The third-order valence-corrected chi connectivity index (χ3v) is 4.85. The lowest BCUT2D eigenvalue weighted by molar-refractivity contribution is 0.144. The molecule has 0 bridgehead atoms. The van der Waals surface area contributed by atoms with Crippen molar-refractivity contribution < 1.29 is 4.39 Å². The second-order valence-corrected chi connectivity index (χ2v) is 6.51. The smallest absolute Gasteiger partial charge is 0.129 e. The molecule has 0 spiro atoms. The summed E-state index contributed by atoms with van der Waals surface area (Å²) < 4.78 is 13.9. The maximum Gasteiger partial charge on any atom is 0.129 e. The summed E-state index contributed by atoms with van der Waals surface area (Å²) in [6.07, 6.45) is 5.12. The normalized spacial score (nSPS) is 27.9. The first-order chi connectivity index (χ1) is 9.72. The fraction of sp³-hybridized carbons (Fsp3) is 0.625. The minimum absolute atomic E-state index is 0.182. The molecule has 0 aliphatic carbocycles. The monoisotopic (exact) mass is 296 g/mol. The molecule has 2 heterocycles. The summed E-state index contributed by atoms with van der Waals surface area (Å²) in [7, 11) is 0. The van der Waals surface area contributed by atoms with Crippen molar-refractivity contribution in [3.63, 3.8) is 0 Å². The maximum atomic E-state index is 13.9. The first-order valence-electron chi connectivity index (χ1n) is 7.62. The van der Waals surface area contributed by atoms with Crippen molar-refractivity contribution in [1.82, 2.24) is 10.2 Å². The zero-order valence-electron chi connectivity index (χ0n) is 11.7. The van der Waals surface area contributed by atoms with Crippen molar-refractivity contribution in [2.45, 2.75) is 38.3 Å². The van der Waals surface area contributed by atoms with Crippen molar-refractivity contribution in [2.75, 3.05) is 19.6 Å². The third-order valence-electron chi connectivity index (χ3n) is 4.62. The Labute approximate surface area is 125 Å². The second kappa shape index (κ2) is 6.42. The van der Waals surface area contributed by atoms with Crippen LogP contribution in [0.15, 0.2) is 18.2 Å². The van der Waals surface area contributed by atoms with E-state index in [0.717, 1.165) is 31.1 Å². The molecule has 2 fully saturated rings. The van der Waals surface area contributed by atoms with E-state index in [-0.39, 0.29) is 5.82 Å². The zero-order chi connectivity index (χ0) is 13.9. The van der Waals surface area contributed by atoms with Gasteiger partial charge in [-0.2, -0.15) is 0 Å². The number of hydrogen-bond acceptors (Lipinski definition) is 2. The van der Waals surface area contributed by atoms with Gasteiger partial charge in [0.25, 0.3) is 0 Å². The Kier molecular flexibility index (Phi) is 4.59. The van der Waals surface area contributed by atoms with Crippen molar-refractivity contribution >= 4 is 11.6 Å². The van der Waals surface area contributed by atoms with Crippen LogP contribution in [0.25, 0.3) is 0 Å². The van der Waals surface area contributed by atoms with Crippen molar-refractivity contribution in [1.29, 1.82) is 0 Å². The third kappa shape index (κ3) is 3.33. The van der Waals surface area contributed by atoms with E-state index in [2.05, 4.69) is 10.2 Å². The summed E-state index contributed by atoms with van der Waals surface area (Å²) in [5, 5.41) is 4.08. The molecule has 0 radical (unpaired) electrons. The molecular weight excluding hydrogens is 275 g/mol. The molecule has 2 aliphatic heterocycles. The van der Waals surface area contributed by atoms with Gasteiger partial charge >= 0.3 is 0 Å². The van der Waals surface area contributed by atoms with Gasteiger partial charge in [-0.05, 0) is 56.8 Å². The summed E-state index contributed by atoms with van der Waals surface area (Å²) in [6, 6.07) is 5.68. The van der Waals surface area contributed by atoms with Crippen LogP contribution >= 0.6 is 11.6 Å². The van der Waals surface area contributed by atoms with Crippen molar-refractivity contribution in [3.8, 4) is 0 Å². The van der Waals surface area contributed by atoms with Gasteiger partial charge < -0.3 is 5.32 Å². The van der Waals surface area contributed by atoms with E-state index in [4.69, 9.17) is 11.6 Å². The topological polar surface area (TPSA) is 15.3 Å². The fourth-order valence-corrected chi connectivity index (χ4v) is 3.73. The van der Waals surface area contributed by atoms with E-state index in [1.165, 1.54) is 31.7 Å². The second-order valence-electron chi connectivity index (χ2n) is 6.08. The highest BCUT2D eigenvalue weighted by molar-refractivity contribution is 6.30. The van der Waals surface area contributed by atoms with Crippen LogP contribution in [-0.2, 0) is 6.54 Å². The van der Waals surface area contributed by atoms with E-state index in [9.17, 15) is 4.39 Å². The predicted octanol–water partition coefficient (Wildman–Crippen LogP) is 3.44. The molecule has 0 aromatic heterocycles. The van der Waals surface area contributed by atoms with E-state index in [1.807, 2.05) is 6.07 Å². The number of nitrogens with one attached hydrogen (secondary N) is 1. The number of piperidine rings is 1. The van der Waals surface area contributed by atoms with Crippen LogP contribution in [0.1, 0.15) is 31.2 Å². The number of halogens is 2. The average Bonchev–Trinajstić information content (AvgIpc) is 2.96. The molecule has 110 valence electrons. The summed E-state index contributed by atoms with van der Waals surface area (Å²) in [6.45, 7) is 4.02. The minimum Gasteiger partial charge on any atom is -0.314 e. The van der Waals surface area contributed by atoms with Gasteiger partial charge in [0.2, 0.25) is 0 Å². The maximum absolute atomic E-state index is 13.9. The van der Waals surface area contributed by atoms with Crippen LogP contribution in [0, 0.1) is 11.7 Å². The largest absolute Gasteiger partial charge is 0.314 e. The molecule has 3 rings (SSSR count). The number of benzene rings is 1. The first-order valence-corrected chi connectivity index (χ1v) is 8.00. The molecule has 0 amide bonds. The summed E-state index contributed by atoms with van der Waals surface area (Å²) in [4.78, 5) is 2.39. The first kappa shape index (κ1) is 14.3. The van der Waals surface area contributed by atoms with Gasteiger partial charge in [-0.25, -0.2) is 4.39 Å². The molecule has 1 aromatic carbocycles. The fourth-order valence-electron chi connectivity index (χ4n) is 3.57. The lowest BCUT2D eigenvalue weighted by Crippen LogP contribution is -2.43. The summed E-state index contributed by atoms with van der Waals surface area (Å²) in [5.41, 5.74) is 0.759. The Morgan fingerprint density at radius 3 is 2.95 bits per heavy atom. The SMILES string of the molecule is Fc1cc(Cl)ccc1CN1CCCC(C2CCCN2)C1. The lowest BCUT2D eigenvalue weighted by atomic mass is 9.89. The summed E-state index contributed by atoms with van der Waals surface area (Å²) in [5.74, 6) is 0.542. The van der Waals surface area contributed by atoms with Crippen molar-refractivity contribution in [2.24, 2.45) is 5.92 Å². The van der Waals surface area contributed by atoms with Crippen LogP contribution in [-0.4, -0.2) is 30.6 Å². The number of nitrogens with zero attached hydrogens (tertiary/aromatic N) is 1. The Bertz CT molecular complexity index is 460. The molecule has 2 aliphatic rings. The Morgan fingerprint density at radius 1 is 1.30 bits per heavy atom. The highest BCUT2D eigenvalue weighted by Gasteiger charge is 2.29. The van der Waals surface area contributed by atoms with Crippen LogP contribution in [0.3, 0.4) is 0 Å². The number of likely N-dealkylation sites (tertiary alicyclic amines) is 1. The van der Waals surface area contributed by atoms with Gasteiger partial charge in [0.1, 0.15) is 5.82 Å². The molecule has 1 N–H and O–H groups in total. The molecule has 1 aromatic rings. The number of hydrogen-bond donors (Lipinski definition) is 1. The van der Waals surface area contributed by atoms with Crippen LogP contribution in [0.5, 0.6) is 0 Å².